The highest BCUT2D eigenvalue weighted by Gasteiger charge is 2.30. The molecule has 0 spiro atoms. The Kier molecular flexibility index (Phi) is 3.38. The van der Waals surface area contributed by atoms with E-state index < -0.39 is 0 Å². The van der Waals surface area contributed by atoms with Gasteiger partial charge in [-0.25, -0.2) is 4.68 Å². The van der Waals surface area contributed by atoms with E-state index in [1.807, 2.05) is 6.20 Å². The molecule has 1 saturated carbocycles. The van der Waals surface area contributed by atoms with Gasteiger partial charge in [-0.15, -0.1) is 0 Å². The summed E-state index contributed by atoms with van der Waals surface area (Å²) in [6, 6.07) is 8.48. The third kappa shape index (κ3) is 2.43. The Labute approximate surface area is 114 Å². The summed E-state index contributed by atoms with van der Waals surface area (Å²) in [7, 11) is 0. The lowest BCUT2D eigenvalue weighted by molar-refractivity contribution is 0.714. The third-order valence-electron chi connectivity index (χ3n) is 3.76. The second-order valence-electron chi connectivity index (χ2n) is 5.31. The van der Waals surface area contributed by atoms with Crippen molar-refractivity contribution in [1.82, 2.24) is 15.1 Å². The Bertz CT molecular complexity index is 567. The first-order chi connectivity index (χ1) is 9.31. The average molecular weight is 255 g/mol. The molecule has 1 fully saturated rings. The zero-order valence-corrected chi connectivity index (χ0v) is 11.7. The second-order valence-corrected chi connectivity index (χ2v) is 5.31. The second kappa shape index (κ2) is 5.17. The van der Waals surface area contributed by atoms with Gasteiger partial charge in [-0.05, 0) is 37.9 Å². The van der Waals surface area contributed by atoms with Gasteiger partial charge in [-0.2, -0.15) is 5.10 Å². The standard InChI is InChI=1S/C16H21N3/c1-3-17-10-14-11-18-19(16(14)13-8-9-13)15-7-5-4-6-12(15)2/h4-7,11,13,17H,3,8-10H2,1-2H3. The number of hydrogen-bond donors (Lipinski definition) is 1. The maximum absolute atomic E-state index is 4.64. The molecule has 0 amide bonds. The van der Waals surface area contributed by atoms with Gasteiger partial charge in [0.25, 0.3) is 0 Å². The Morgan fingerprint density at radius 1 is 1.32 bits per heavy atom. The van der Waals surface area contributed by atoms with Gasteiger partial charge in [0, 0.05) is 18.0 Å². The van der Waals surface area contributed by atoms with Gasteiger partial charge in [0.15, 0.2) is 0 Å². The Balaban J connectivity index is 2.02. The maximum Gasteiger partial charge on any atom is 0.0678 e. The normalized spacial score (nSPS) is 14.8. The van der Waals surface area contributed by atoms with E-state index in [2.05, 4.69) is 53.2 Å². The minimum atomic E-state index is 0.704. The number of para-hydroxylation sites is 1. The van der Waals surface area contributed by atoms with E-state index in [0.29, 0.717) is 5.92 Å². The molecule has 1 aromatic heterocycles. The number of nitrogens with one attached hydrogen (secondary N) is 1. The number of benzene rings is 1. The molecule has 0 atom stereocenters. The van der Waals surface area contributed by atoms with Crippen LogP contribution in [0.2, 0.25) is 0 Å². The van der Waals surface area contributed by atoms with E-state index in [4.69, 9.17) is 0 Å². The highest BCUT2D eigenvalue weighted by atomic mass is 15.3. The molecule has 0 unspecified atom stereocenters. The minimum Gasteiger partial charge on any atom is -0.313 e. The molecular weight excluding hydrogens is 234 g/mol. The molecule has 3 nitrogen and oxygen atoms in total. The molecule has 1 N–H and O–H groups in total. The van der Waals surface area contributed by atoms with E-state index in [1.54, 1.807) is 0 Å². The first-order valence-corrected chi connectivity index (χ1v) is 7.14. The van der Waals surface area contributed by atoms with Crippen LogP contribution in [0.5, 0.6) is 0 Å². The van der Waals surface area contributed by atoms with E-state index in [1.165, 1.54) is 35.3 Å². The molecular formula is C16H21N3. The predicted molar refractivity (Wildman–Crippen MR) is 77.7 cm³/mol. The van der Waals surface area contributed by atoms with Crippen LogP contribution in [0, 0.1) is 6.92 Å². The van der Waals surface area contributed by atoms with Crippen LogP contribution in [0.3, 0.4) is 0 Å². The van der Waals surface area contributed by atoms with E-state index in [-0.39, 0.29) is 0 Å². The Morgan fingerprint density at radius 3 is 2.79 bits per heavy atom. The molecule has 2 aromatic rings. The van der Waals surface area contributed by atoms with Crippen LogP contribution in [0.25, 0.3) is 5.69 Å². The Hall–Kier alpha value is -1.61. The molecule has 0 saturated heterocycles. The summed E-state index contributed by atoms with van der Waals surface area (Å²) in [4.78, 5) is 0. The molecule has 0 radical (unpaired) electrons. The topological polar surface area (TPSA) is 29.9 Å². The fraction of sp³-hybridized carbons (Fsp3) is 0.438. The summed E-state index contributed by atoms with van der Waals surface area (Å²) in [6.07, 6.45) is 4.64. The monoisotopic (exact) mass is 255 g/mol. The van der Waals surface area contributed by atoms with Crippen molar-refractivity contribution in [2.24, 2.45) is 0 Å². The van der Waals surface area contributed by atoms with Crippen molar-refractivity contribution in [3.63, 3.8) is 0 Å². The van der Waals surface area contributed by atoms with Crippen LogP contribution in [-0.4, -0.2) is 16.3 Å². The van der Waals surface area contributed by atoms with Crippen molar-refractivity contribution in [2.45, 2.75) is 39.2 Å². The van der Waals surface area contributed by atoms with Gasteiger partial charge < -0.3 is 5.32 Å². The molecule has 0 aliphatic heterocycles. The van der Waals surface area contributed by atoms with Gasteiger partial charge in [0.2, 0.25) is 0 Å². The molecule has 3 rings (SSSR count). The van der Waals surface area contributed by atoms with Crippen LogP contribution >= 0.6 is 0 Å². The van der Waals surface area contributed by atoms with Crippen molar-refractivity contribution in [3.8, 4) is 5.69 Å². The summed E-state index contributed by atoms with van der Waals surface area (Å²) >= 11 is 0. The number of nitrogens with zero attached hydrogens (tertiary/aromatic N) is 2. The van der Waals surface area contributed by atoms with Crippen LogP contribution < -0.4 is 5.32 Å². The van der Waals surface area contributed by atoms with Gasteiger partial charge in [0.1, 0.15) is 0 Å². The van der Waals surface area contributed by atoms with E-state index in [9.17, 15) is 0 Å². The quantitative estimate of drug-likeness (QED) is 0.889. The molecule has 0 bridgehead atoms. The summed E-state index contributed by atoms with van der Waals surface area (Å²) in [5.41, 5.74) is 5.26. The van der Waals surface area contributed by atoms with Crippen molar-refractivity contribution < 1.29 is 0 Å². The molecule has 1 aliphatic rings. The zero-order valence-electron chi connectivity index (χ0n) is 11.7. The highest BCUT2D eigenvalue weighted by molar-refractivity contribution is 5.43. The highest BCUT2D eigenvalue weighted by Crippen LogP contribution is 2.42. The average Bonchev–Trinajstić information content (AvgIpc) is 3.18. The first kappa shape index (κ1) is 12.4. The number of rotatable bonds is 5. The van der Waals surface area contributed by atoms with E-state index >= 15 is 0 Å². The summed E-state index contributed by atoms with van der Waals surface area (Å²) in [6.45, 7) is 6.22. The van der Waals surface area contributed by atoms with E-state index in [0.717, 1.165) is 13.1 Å². The lowest BCUT2D eigenvalue weighted by Gasteiger charge is -2.11. The third-order valence-corrected chi connectivity index (χ3v) is 3.76. The van der Waals surface area contributed by atoms with Gasteiger partial charge in [0.05, 0.1) is 17.6 Å². The molecule has 100 valence electrons. The number of hydrogen-bond acceptors (Lipinski definition) is 2. The smallest absolute Gasteiger partial charge is 0.0678 e. The predicted octanol–water partition coefficient (Wildman–Crippen LogP) is 3.17. The van der Waals surface area contributed by atoms with Crippen LogP contribution in [0.4, 0.5) is 0 Å². The van der Waals surface area contributed by atoms with Gasteiger partial charge in [-0.1, -0.05) is 25.1 Å². The van der Waals surface area contributed by atoms with Gasteiger partial charge in [-0.3, -0.25) is 0 Å². The number of aromatic nitrogens is 2. The molecule has 1 heterocycles. The molecule has 19 heavy (non-hydrogen) atoms. The Morgan fingerprint density at radius 2 is 2.11 bits per heavy atom. The largest absolute Gasteiger partial charge is 0.313 e. The first-order valence-electron chi connectivity index (χ1n) is 7.14. The summed E-state index contributed by atoms with van der Waals surface area (Å²) in [5.74, 6) is 0.704. The SMILES string of the molecule is CCNCc1cnn(-c2ccccc2C)c1C1CC1. The minimum absolute atomic E-state index is 0.704. The lowest BCUT2D eigenvalue weighted by atomic mass is 10.1. The van der Waals surface area contributed by atoms with Crippen LogP contribution in [0.15, 0.2) is 30.5 Å². The van der Waals surface area contributed by atoms with Crippen LogP contribution in [-0.2, 0) is 6.54 Å². The lowest BCUT2D eigenvalue weighted by Crippen LogP contribution is -2.13. The summed E-state index contributed by atoms with van der Waals surface area (Å²) < 4.78 is 2.15. The fourth-order valence-electron chi connectivity index (χ4n) is 2.57. The molecule has 3 heteroatoms. The van der Waals surface area contributed by atoms with Crippen molar-refractivity contribution >= 4 is 0 Å². The van der Waals surface area contributed by atoms with Gasteiger partial charge >= 0.3 is 0 Å². The molecule has 1 aliphatic carbocycles. The van der Waals surface area contributed by atoms with Crippen molar-refractivity contribution in [2.75, 3.05) is 6.54 Å². The van der Waals surface area contributed by atoms with Crippen molar-refractivity contribution in [1.29, 1.82) is 0 Å². The van der Waals surface area contributed by atoms with Crippen LogP contribution in [0.1, 0.15) is 42.5 Å². The van der Waals surface area contributed by atoms with Crippen molar-refractivity contribution in [3.05, 3.63) is 47.3 Å². The summed E-state index contributed by atoms with van der Waals surface area (Å²) in [5, 5.41) is 8.05. The molecule has 1 aromatic carbocycles. The number of aryl methyl sites for hydroxylation is 1. The zero-order chi connectivity index (χ0) is 13.2. The fourth-order valence-corrected chi connectivity index (χ4v) is 2.57. The maximum atomic E-state index is 4.64.